The summed E-state index contributed by atoms with van der Waals surface area (Å²) in [4.78, 5) is 0. The molecule has 0 aliphatic heterocycles. The van der Waals surface area contributed by atoms with Crippen molar-refractivity contribution in [2.24, 2.45) is 7.05 Å². The third kappa shape index (κ3) is 4.98. The first kappa shape index (κ1) is 12.2. The Kier molecular flexibility index (Phi) is 5.40. The van der Waals surface area contributed by atoms with E-state index in [4.69, 9.17) is 0 Å². The van der Waals surface area contributed by atoms with Crippen LogP contribution >= 0.6 is 0 Å². The van der Waals surface area contributed by atoms with E-state index in [9.17, 15) is 5.11 Å². The van der Waals surface area contributed by atoms with Crippen LogP contribution in [-0.4, -0.2) is 21.0 Å². The van der Waals surface area contributed by atoms with Gasteiger partial charge in [0.15, 0.2) is 0 Å². The van der Waals surface area contributed by atoms with Gasteiger partial charge in [0.1, 0.15) is 0 Å². The number of hydrogen-bond donors (Lipinski definition) is 1. The van der Waals surface area contributed by atoms with Gasteiger partial charge in [0.25, 0.3) is 0 Å². The third-order valence-electron chi connectivity index (χ3n) is 2.63. The first-order chi connectivity index (χ1) is 7.22. The second kappa shape index (κ2) is 6.62. The van der Waals surface area contributed by atoms with Crippen LogP contribution in [0, 0.1) is 0 Å². The van der Waals surface area contributed by atoms with E-state index in [1.807, 2.05) is 17.9 Å². The summed E-state index contributed by atoms with van der Waals surface area (Å²) in [5, 5.41) is 13.7. The average molecular weight is 210 g/mol. The Hall–Kier alpha value is -0.830. The van der Waals surface area contributed by atoms with Gasteiger partial charge in [-0.25, -0.2) is 0 Å². The fraction of sp³-hybridized carbons (Fsp3) is 0.750. The number of rotatable bonds is 7. The molecule has 0 aromatic carbocycles. The largest absolute Gasteiger partial charge is 0.393 e. The molecule has 1 aromatic heterocycles. The van der Waals surface area contributed by atoms with E-state index in [0.29, 0.717) is 0 Å². The SMILES string of the molecule is CCCC(O)CCCCc1cnn(C)c1. The molecule has 86 valence electrons. The van der Waals surface area contributed by atoms with E-state index in [1.165, 1.54) is 5.56 Å². The Morgan fingerprint density at radius 3 is 2.80 bits per heavy atom. The smallest absolute Gasteiger partial charge is 0.0540 e. The van der Waals surface area contributed by atoms with Crippen LogP contribution in [0.15, 0.2) is 12.4 Å². The van der Waals surface area contributed by atoms with Gasteiger partial charge in [0.2, 0.25) is 0 Å². The zero-order chi connectivity index (χ0) is 11.1. The highest BCUT2D eigenvalue weighted by atomic mass is 16.3. The maximum Gasteiger partial charge on any atom is 0.0540 e. The lowest BCUT2D eigenvalue weighted by Gasteiger charge is -2.07. The van der Waals surface area contributed by atoms with Crippen LogP contribution in [0.5, 0.6) is 0 Å². The molecule has 1 aromatic rings. The Bertz CT molecular complexity index is 270. The normalized spacial score (nSPS) is 13.0. The van der Waals surface area contributed by atoms with Crippen molar-refractivity contribution in [3.05, 3.63) is 18.0 Å². The van der Waals surface area contributed by atoms with Crippen LogP contribution in [0.2, 0.25) is 0 Å². The molecule has 0 amide bonds. The molecule has 3 nitrogen and oxygen atoms in total. The number of aryl methyl sites for hydroxylation is 2. The van der Waals surface area contributed by atoms with Gasteiger partial charge in [0, 0.05) is 13.2 Å². The number of aliphatic hydroxyl groups excluding tert-OH is 1. The number of hydrogen-bond acceptors (Lipinski definition) is 2. The molecule has 0 aliphatic rings. The summed E-state index contributed by atoms with van der Waals surface area (Å²) in [5.74, 6) is 0. The minimum Gasteiger partial charge on any atom is -0.393 e. The maximum atomic E-state index is 9.53. The van der Waals surface area contributed by atoms with E-state index in [-0.39, 0.29) is 6.10 Å². The molecule has 0 aliphatic carbocycles. The zero-order valence-corrected chi connectivity index (χ0v) is 9.82. The van der Waals surface area contributed by atoms with Gasteiger partial charge in [-0.3, -0.25) is 4.68 Å². The highest BCUT2D eigenvalue weighted by Gasteiger charge is 2.02. The molecule has 0 bridgehead atoms. The van der Waals surface area contributed by atoms with Gasteiger partial charge >= 0.3 is 0 Å². The Labute approximate surface area is 92.1 Å². The fourth-order valence-electron chi connectivity index (χ4n) is 1.79. The Balaban J connectivity index is 2.06. The molecule has 1 unspecified atom stereocenters. The molecule has 0 saturated carbocycles. The summed E-state index contributed by atoms with van der Waals surface area (Å²) >= 11 is 0. The van der Waals surface area contributed by atoms with Gasteiger partial charge in [-0.15, -0.1) is 0 Å². The zero-order valence-electron chi connectivity index (χ0n) is 9.82. The predicted molar refractivity (Wildman–Crippen MR) is 61.7 cm³/mol. The van der Waals surface area contributed by atoms with Crippen molar-refractivity contribution in [1.29, 1.82) is 0 Å². The maximum absolute atomic E-state index is 9.53. The average Bonchev–Trinajstić information content (AvgIpc) is 2.60. The highest BCUT2D eigenvalue weighted by molar-refractivity contribution is 5.03. The molecule has 1 rings (SSSR count). The lowest BCUT2D eigenvalue weighted by Crippen LogP contribution is -2.05. The van der Waals surface area contributed by atoms with Crippen molar-refractivity contribution in [1.82, 2.24) is 9.78 Å². The monoisotopic (exact) mass is 210 g/mol. The van der Waals surface area contributed by atoms with Gasteiger partial charge in [-0.2, -0.15) is 5.10 Å². The first-order valence-electron chi connectivity index (χ1n) is 5.88. The lowest BCUT2D eigenvalue weighted by atomic mass is 10.1. The van der Waals surface area contributed by atoms with Gasteiger partial charge in [-0.1, -0.05) is 19.8 Å². The molecular weight excluding hydrogens is 188 g/mol. The number of aromatic nitrogens is 2. The number of aliphatic hydroxyl groups is 1. The molecular formula is C12H22N2O. The van der Waals surface area contributed by atoms with Crippen LogP contribution in [0.4, 0.5) is 0 Å². The van der Waals surface area contributed by atoms with Crippen molar-refractivity contribution in [2.75, 3.05) is 0 Å². The summed E-state index contributed by atoms with van der Waals surface area (Å²) < 4.78 is 1.83. The quantitative estimate of drug-likeness (QED) is 0.701. The molecule has 3 heteroatoms. The minimum absolute atomic E-state index is 0.0936. The summed E-state index contributed by atoms with van der Waals surface area (Å²) in [5.41, 5.74) is 1.29. The van der Waals surface area contributed by atoms with Gasteiger partial charge < -0.3 is 5.11 Å². The van der Waals surface area contributed by atoms with Crippen molar-refractivity contribution in [3.8, 4) is 0 Å². The molecule has 1 heterocycles. The standard InChI is InChI=1S/C12H22N2O/c1-3-6-12(15)8-5-4-7-11-9-13-14(2)10-11/h9-10,12,15H,3-8H2,1-2H3. The molecule has 1 atom stereocenters. The van der Waals surface area contributed by atoms with E-state index in [1.54, 1.807) is 0 Å². The topological polar surface area (TPSA) is 38.1 Å². The molecule has 0 saturated heterocycles. The van der Waals surface area contributed by atoms with Crippen molar-refractivity contribution >= 4 is 0 Å². The van der Waals surface area contributed by atoms with Crippen LogP contribution in [0.25, 0.3) is 0 Å². The van der Waals surface area contributed by atoms with E-state index in [2.05, 4.69) is 18.2 Å². The van der Waals surface area contributed by atoms with Crippen LogP contribution in [-0.2, 0) is 13.5 Å². The second-order valence-corrected chi connectivity index (χ2v) is 4.21. The molecule has 15 heavy (non-hydrogen) atoms. The molecule has 0 spiro atoms. The van der Waals surface area contributed by atoms with Crippen molar-refractivity contribution in [2.45, 2.75) is 51.6 Å². The predicted octanol–water partition coefficient (Wildman–Crippen LogP) is 2.29. The van der Waals surface area contributed by atoms with Crippen molar-refractivity contribution in [3.63, 3.8) is 0 Å². The fourth-order valence-corrected chi connectivity index (χ4v) is 1.79. The summed E-state index contributed by atoms with van der Waals surface area (Å²) in [6.07, 6.45) is 10.2. The Morgan fingerprint density at radius 1 is 1.40 bits per heavy atom. The summed E-state index contributed by atoms with van der Waals surface area (Å²) in [6.45, 7) is 2.11. The number of nitrogens with zero attached hydrogens (tertiary/aromatic N) is 2. The van der Waals surface area contributed by atoms with E-state index >= 15 is 0 Å². The van der Waals surface area contributed by atoms with Gasteiger partial charge in [0.05, 0.1) is 12.3 Å². The summed E-state index contributed by atoms with van der Waals surface area (Å²) in [6, 6.07) is 0. The minimum atomic E-state index is -0.0936. The summed E-state index contributed by atoms with van der Waals surface area (Å²) in [7, 11) is 1.94. The lowest BCUT2D eigenvalue weighted by molar-refractivity contribution is 0.150. The first-order valence-corrected chi connectivity index (χ1v) is 5.88. The molecule has 0 radical (unpaired) electrons. The third-order valence-corrected chi connectivity index (χ3v) is 2.63. The van der Waals surface area contributed by atoms with Gasteiger partial charge in [-0.05, 0) is 31.2 Å². The van der Waals surface area contributed by atoms with E-state index < -0.39 is 0 Å². The Morgan fingerprint density at radius 2 is 2.20 bits per heavy atom. The number of unbranched alkanes of at least 4 members (excludes halogenated alkanes) is 1. The van der Waals surface area contributed by atoms with Crippen LogP contribution < -0.4 is 0 Å². The molecule has 1 N–H and O–H groups in total. The molecule has 0 fully saturated rings. The van der Waals surface area contributed by atoms with E-state index in [0.717, 1.165) is 38.5 Å². The second-order valence-electron chi connectivity index (χ2n) is 4.21. The van der Waals surface area contributed by atoms with Crippen LogP contribution in [0.1, 0.15) is 44.6 Å². The van der Waals surface area contributed by atoms with Crippen LogP contribution in [0.3, 0.4) is 0 Å². The highest BCUT2D eigenvalue weighted by Crippen LogP contribution is 2.09. The van der Waals surface area contributed by atoms with Crippen molar-refractivity contribution < 1.29 is 5.11 Å².